The van der Waals surface area contributed by atoms with Crippen molar-refractivity contribution in [3.8, 4) is 0 Å². The zero-order chi connectivity index (χ0) is 17.8. The lowest BCUT2D eigenvalue weighted by Gasteiger charge is -2.21. The van der Waals surface area contributed by atoms with Gasteiger partial charge in [0.25, 0.3) is 0 Å². The third-order valence-corrected chi connectivity index (χ3v) is 4.93. The van der Waals surface area contributed by atoms with Gasteiger partial charge in [-0.25, -0.2) is 14.4 Å². The fourth-order valence-corrected chi connectivity index (χ4v) is 3.61. The van der Waals surface area contributed by atoms with Crippen molar-refractivity contribution in [1.29, 1.82) is 0 Å². The SMILES string of the molecule is C[C@H](Sc1ncnc2ccccc12)C(=O)N(C)Cc1cccc(F)c1. The van der Waals surface area contributed by atoms with Crippen molar-refractivity contribution in [3.05, 3.63) is 66.2 Å². The Morgan fingerprint density at radius 1 is 1.20 bits per heavy atom. The molecule has 128 valence electrons. The minimum absolute atomic E-state index is 0.0306. The Labute approximate surface area is 150 Å². The number of aromatic nitrogens is 2. The Bertz CT molecular complexity index is 897. The number of fused-ring (bicyclic) bond motifs is 1. The van der Waals surface area contributed by atoms with Crippen LogP contribution >= 0.6 is 11.8 Å². The number of carbonyl (C=O) groups is 1. The Hall–Kier alpha value is -2.47. The van der Waals surface area contributed by atoms with E-state index in [1.165, 1.54) is 30.2 Å². The Morgan fingerprint density at radius 2 is 2.00 bits per heavy atom. The minimum Gasteiger partial charge on any atom is -0.340 e. The minimum atomic E-state index is -0.308. The molecule has 0 unspecified atom stereocenters. The van der Waals surface area contributed by atoms with E-state index in [2.05, 4.69) is 9.97 Å². The van der Waals surface area contributed by atoms with Crippen LogP contribution in [-0.4, -0.2) is 33.1 Å². The van der Waals surface area contributed by atoms with Gasteiger partial charge in [-0.1, -0.05) is 42.1 Å². The lowest BCUT2D eigenvalue weighted by molar-refractivity contribution is -0.129. The summed E-state index contributed by atoms with van der Waals surface area (Å²) in [6, 6.07) is 14.0. The molecule has 0 fully saturated rings. The molecule has 0 aliphatic rings. The van der Waals surface area contributed by atoms with Crippen LogP contribution < -0.4 is 0 Å². The second kappa shape index (κ2) is 7.61. The number of halogens is 1. The quantitative estimate of drug-likeness (QED) is 0.514. The average Bonchev–Trinajstić information content (AvgIpc) is 2.61. The number of thioether (sulfide) groups is 1. The molecular formula is C19H18FN3OS. The number of benzene rings is 2. The van der Waals surface area contributed by atoms with E-state index in [4.69, 9.17) is 0 Å². The van der Waals surface area contributed by atoms with Gasteiger partial charge in [0.1, 0.15) is 17.2 Å². The highest BCUT2D eigenvalue weighted by atomic mass is 32.2. The lowest BCUT2D eigenvalue weighted by atomic mass is 10.2. The molecule has 2 aromatic carbocycles. The molecule has 0 saturated carbocycles. The van der Waals surface area contributed by atoms with Crippen LogP contribution in [0, 0.1) is 5.82 Å². The molecule has 4 nitrogen and oxygen atoms in total. The van der Waals surface area contributed by atoms with Crippen LogP contribution in [0.3, 0.4) is 0 Å². The molecule has 3 aromatic rings. The van der Waals surface area contributed by atoms with E-state index in [1.54, 1.807) is 18.0 Å². The molecule has 0 bridgehead atoms. The maximum absolute atomic E-state index is 13.3. The van der Waals surface area contributed by atoms with Gasteiger partial charge in [-0.2, -0.15) is 0 Å². The average molecular weight is 355 g/mol. The highest BCUT2D eigenvalue weighted by Crippen LogP contribution is 2.28. The van der Waals surface area contributed by atoms with Crippen molar-refractivity contribution in [3.63, 3.8) is 0 Å². The molecule has 25 heavy (non-hydrogen) atoms. The second-order valence-electron chi connectivity index (χ2n) is 5.78. The zero-order valence-corrected chi connectivity index (χ0v) is 14.8. The molecule has 3 rings (SSSR count). The van der Waals surface area contributed by atoms with E-state index in [1.807, 2.05) is 37.3 Å². The van der Waals surface area contributed by atoms with E-state index < -0.39 is 0 Å². The zero-order valence-electron chi connectivity index (χ0n) is 14.0. The number of amides is 1. The van der Waals surface area contributed by atoms with Gasteiger partial charge in [0, 0.05) is 19.0 Å². The summed E-state index contributed by atoms with van der Waals surface area (Å²) in [6.45, 7) is 2.22. The summed E-state index contributed by atoms with van der Waals surface area (Å²) in [4.78, 5) is 22.8. The van der Waals surface area contributed by atoms with Gasteiger partial charge < -0.3 is 4.90 Å². The Kier molecular flexibility index (Phi) is 5.28. The molecule has 0 spiro atoms. The molecule has 1 atom stereocenters. The highest BCUT2D eigenvalue weighted by molar-refractivity contribution is 8.00. The maximum Gasteiger partial charge on any atom is 0.235 e. The summed E-state index contributed by atoms with van der Waals surface area (Å²) in [7, 11) is 1.72. The van der Waals surface area contributed by atoms with Crippen LogP contribution in [0.4, 0.5) is 4.39 Å². The van der Waals surface area contributed by atoms with E-state index in [-0.39, 0.29) is 17.0 Å². The fraction of sp³-hybridized carbons (Fsp3) is 0.211. The molecule has 0 saturated heterocycles. The molecule has 1 amide bonds. The number of carbonyl (C=O) groups excluding carboxylic acids is 1. The van der Waals surface area contributed by atoms with Crippen LogP contribution in [0.15, 0.2) is 59.9 Å². The van der Waals surface area contributed by atoms with Gasteiger partial charge in [0.05, 0.1) is 10.8 Å². The van der Waals surface area contributed by atoms with Gasteiger partial charge in [-0.05, 0) is 30.7 Å². The van der Waals surface area contributed by atoms with Gasteiger partial charge in [-0.15, -0.1) is 0 Å². The van der Waals surface area contributed by atoms with Crippen molar-refractivity contribution < 1.29 is 9.18 Å². The predicted molar refractivity (Wildman–Crippen MR) is 97.7 cm³/mol. The van der Waals surface area contributed by atoms with E-state index in [9.17, 15) is 9.18 Å². The monoisotopic (exact) mass is 355 g/mol. The smallest absolute Gasteiger partial charge is 0.235 e. The number of nitrogens with zero attached hydrogens (tertiary/aromatic N) is 3. The molecular weight excluding hydrogens is 337 g/mol. The maximum atomic E-state index is 13.3. The Balaban J connectivity index is 1.71. The van der Waals surface area contributed by atoms with Gasteiger partial charge >= 0.3 is 0 Å². The highest BCUT2D eigenvalue weighted by Gasteiger charge is 2.20. The fourth-order valence-electron chi connectivity index (χ4n) is 2.59. The molecule has 1 aromatic heterocycles. The predicted octanol–water partition coefficient (Wildman–Crippen LogP) is 3.91. The first-order chi connectivity index (χ1) is 12.0. The first-order valence-electron chi connectivity index (χ1n) is 7.90. The van der Waals surface area contributed by atoms with Crippen LogP contribution in [0.25, 0.3) is 10.9 Å². The van der Waals surface area contributed by atoms with Crippen molar-refractivity contribution in [2.45, 2.75) is 23.7 Å². The first kappa shape index (κ1) is 17.4. The van der Waals surface area contributed by atoms with Crippen molar-refractivity contribution in [1.82, 2.24) is 14.9 Å². The van der Waals surface area contributed by atoms with Crippen molar-refractivity contribution in [2.75, 3.05) is 7.05 Å². The first-order valence-corrected chi connectivity index (χ1v) is 8.78. The molecule has 6 heteroatoms. The molecule has 0 aliphatic carbocycles. The van der Waals surface area contributed by atoms with Crippen LogP contribution in [0.2, 0.25) is 0 Å². The lowest BCUT2D eigenvalue weighted by Crippen LogP contribution is -2.32. The van der Waals surface area contributed by atoms with Gasteiger partial charge in [0.2, 0.25) is 5.91 Å². The summed E-state index contributed by atoms with van der Waals surface area (Å²) in [6.07, 6.45) is 1.51. The van der Waals surface area contributed by atoms with Gasteiger partial charge in [0.15, 0.2) is 0 Å². The number of hydrogen-bond donors (Lipinski definition) is 0. The summed E-state index contributed by atoms with van der Waals surface area (Å²) < 4.78 is 13.3. The molecule has 0 radical (unpaired) electrons. The van der Waals surface area contributed by atoms with E-state index in [0.29, 0.717) is 6.54 Å². The van der Waals surface area contributed by atoms with E-state index >= 15 is 0 Å². The normalized spacial score (nSPS) is 12.1. The largest absolute Gasteiger partial charge is 0.340 e. The standard InChI is InChI=1S/C19H18FN3OS/c1-13(19(24)23(2)11-14-6-5-7-15(20)10-14)25-18-16-8-3-4-9-17(16)21-12-22-18/h3-10,12-13H,11H2,1-2H3/t13-/m0/s1. The number of hydrogen-bond acceptors (Lipinski definition) is 4. The van der Waals surface area contributed by atoms with Crippen LogP contribution in [0.5, 0.6) is 0 Å². The third kappa shape index (κ3) is 4.14. The third-order valence-electron chi connectivity index (χ3n) is 3.83. The molecule has 0 aliphatic heterocycles. The second-order valence-corrected chi connectivity index (χ2v) is 7.11. The number of rotatable bonds is 5. The Morgan fingerprint density at radius 3 is 2.80 bits per heavy atom. The van der Waals surface area contributed by atoms with Crippen LogP contribution in [0.1, 0.15) is 12.5 Å². The summed E-state index contributed by atoms with van der Waals surface area (Å²) >= 11 is 1.41. The summed E-state index contributed by atoms with van der Waals surface area (Å²) in [5, 5.41) is 1.41. The van der Waals surface area contributed by atoms with E-state index in [0.717, 1.165) is 21.5 Å². The molecule has 1 heterocycles. The summed E-state index contributed by atoms with van der Waals surface area (Å²) in [5.41, 5.74) is 1.62. The van der Waals surface area contributed by atoms with Crippen LogP contribution in [-0.2, 0) is 11.3 Å². The topological polar surface area (TPSA) is 46.1 Å². The van der Waals surface area contributed by atoms with Crippen molar-refractivity contribution >= 4 is 28.6 Å². The van der Waals surface area contributed by atoms with Gasteiger partial charge in [-0.3, -0.25) is 4.79 Å². The molecule has 0 N–H and O–H groups in total. The van der Waals surface area contributed by atoms with Crippen molar-refractivity contribution in [2.24, 2.45) is 0 Å². The summed E-state index contributed by atoms with van der Waals surface area (Å²) in [5.74, 6) is -0.329. The number of para-hydroxylation sites is 1.